The Balaban J connectivity index is 1.38. The molecule has 6 rings (SSSR count). The molecule has 1 aromatic heterocycles. The molecule has 5 atom stereocenters. The van der Waals surface area contributed by atoms with Gasteiger partial charge in [-0.05, 0) is 39.3 Å². The minimum atomic E-state index is -4.90. The Labute approximate surface area is 240 Å². The predicted molar refractivity (Wildman–Crippen MR) is 145 cm³/mol. The van der Waals surface area contributed by atoms with Crippen LogP contribution < -0.4 is 20.7 Å². The third-order valence-corrected chi connectivity index (χ3v) is 8.61. The lowest BCUT2D eigenvalue weighted by Crippen LogP contribution is -2.51. The molecule has 0 aliphatic carbocycles. The summed E-state index contributed by atoms with van der Waals surface area (Å²) in [5.41, 5.74) is 4.11. The fraction of sp³-hybridized carbons (Fsp3) is 0.586. The Morgan fingerprint density at radius 2 is 1.93 bits per heavy atom. The van der Waals surface area contributed by atoms with Crippen molar-refractivity contribution >= 4 is 11.5 Å². The molecule has 8 nitrogen and oxygen atoms in total. The second-order valence-corrected chi connectivity index (χ2v) is 11.5. The first kappa shape index (κ1) is 28.9. The number of nitrogen functional groups attached to an aromatic ring is 1. The highest BCUT2D eigenvalue weighted by Crippen LogP contribution is 2.44. The average molecular weight is 593 g/mol. The molecule has 0 radical (unpaired) electrons. The highest BCUT2D eigenvalue weighted by Gasteiger charge is 2.43. The average Bonchev–Trinajstić information content (AvgIpc) is 3.45. The Kier molecular flexibility index (Phi) is 7.66. The maximum atomic E-state index is 15.4. The second-order valence-electron chi connectivity index (χ2n) is 11.5. The molecular formula is C29H33F5N6O2. The number of nitrogens with one attached hydrogen (secondary N) is 1. The van der Waals surface area contributed by atoms with E-state index in [0.717, 1.165) is 18.9 Å². The summed E-state index contributed by atoms with van der Waals surface area (Å²) < 4.78 is 84.3. The number of fused-ring (bicyclic) bond motifs is 3. The first-order chi connectivity index (χ1) is 20.0. The van der Waals surface area contributed by atoms with Crippen LogP contribution in [0.25, 0.3) is 0 Å². The van der Waals surface area contributed by atoms with E-state index in [0.29, 0.717) is 55.2 Å². The van der Waals surface area contributed by atoms with Crippen molar-refractivity contribution in [2.24, 2.45) is 0 Å². The zero-order valence-electron chi connectivity index (χ0n) is 23.4. The lowest BCUT2D eigenvalue weighted by Gasteiger charge is -2.36. The number of rotatable bonds is 5. The van der Waals surface area contributed by atoms with Gasteiger partial charge in [-0.2, -0.15) is 23.1 Å². The summed E-state index contributed by atoms with van der Waals surface area (Å²) in [5.74, 6) is 4.27. The van der Waals surface area contributed by atoms with Gasteiger partial charge < -0.3 is 25.4 Å². The van der Waals surface area contributed by atoms with Crippen LogP contribution in [0.4, 0.5) is 33.5 Å². The molecule has 3 fully saturated rings. The molecule has 2 aromatic rings. The molecule has 0 amide bonds. The number of nitrogens with two attached hydrogens (primary N) is 1. The van der Waals surface area contributed by atoms with E-state index < -0.39 is 46.6 Å². The van der Waals surface area contributed by atoms with Crippen molar-refractivity contribution in [1.82, 2.24) is 20.2 Å². The van der Waals surface area contributed by atoms with Gasteiger partial charge in [0.15, 0.2) is 5.82 Å². The SMILES string of the molecule is CC#Cc1cc(N)c(F)c(C2Cc3nc(OC[C@@H]4C[C@@H](F)CN4C)nc(N4CC5CCC(C4)N5)c3CO2)c1C(F)(F)F. The number of ether oxygens (including phenoxy) is 2. The molecule has 4 aliphatic rings. The first-order valence-electron chi connectivity index (χ1n) is 14.1. The van der Waals surface area contributed by atoms with Gasteiger partial charge in [0.2, 0.25) is 0 Å². The van der Waals surface area contributed by atoms with Gasteiger partial charge in [0.1, 0.15) is 18.6 Å². The minimum Gasteiger partial charge on any atom is -0.462 e. The van der Waals surface area contributed by atoms with Crippen LogP contribution in [0.2, 0.25) is 0 Å². The van der Waals surface area contributed by atoms with Crippen LogP contribution >= 0.6 is 0 Å². The van der Waals surface area contributed by atoms with Crippen molar-refractivity contribution in [3.63, 3.8) is 0 Å². The number of likely N-dealkylation sites (N-methyl/N-ethyl adjacent to an activating group) is 1. The van der Waals surface area contributed by atoms with Crippen molar-refractivity contribution in [1.29, 1.82) is 0 Å². The summed E-state index contributed by atoms with van der Waals surface area (Å²) in [6.45, 7) is 3.13. The lowest BCUT2D eigenvalue weighted by atomic mass is 9.90. The topological polar surface area (TPSA) is 88.8 Å². The summed E-state index contributed by atoms with van der Waals surface area (Å²) in [7, 11) is 1.82. The first-order valence-corrected chi connectivity index (χ1v) is 14.1. The standard InChI is InChI=1S/C29H33F5N6O2/c1-3-4-15-7-21(35)26(31)24(25(15)29(32,33)34)23-9-22-20(14-41-23)27(40-11-17-5-6-18(12-40)36-17)38-28(37-22)42-13-19-8-16(30)10-39(19)2/h7,16-19,23,36H,5-6,8-14,35H2,1-2H3/t16-,17?,18?,19+,23?/m1/s1. The Morgan fingerprint density at radius 1 is 1.19 bits per heavy atom. The number of benzene rings is 1. The largest absolute Gasteiger partial charge is 0.462 e. The number of piperazine rings is 1. The van der Waals surface area contributed by atoms with E-state index in [1.165, 1.54) is 6.92 Å². The maximum Gasteiger partial charge on any atom is 0.418 e. The van der Waals surface area contributed by atoms with E-state index >= 15 is 4.39 Å². The fourth-order valence-corrected chi connectivity index (χ4v) is 6.63. The zero-order valence-corrected chi connectivity index (χ0v) is 23.4. The minimum absolute atomic E-state index is 0.0487. The number of alkyl halides is 4. The van der Waals surface area contributed by atoms with Crippen LogP contribution in [-0.2, 0) is 23.9 Å². The molecule has 42 heavy (non-hydrogen) atoms. The molecule has 3 unspecified atom stereocenters. The number of likely N-dealkylation sites (tertiary alicyclic amines) is 1. The molecule has 5 heterocycles. The van der Waals surface area contributed by atoms with Crippen molar-refractivity contribution in [2.75, 3.05) is 43.9 Å². The molecule has 0 saturated carbocycles. The summed E-state index contributed by atoms with van der Waals surface area (Å²) in [6.07, 6.45) is -4.94. The van der Waals surface area contributed by atoms with Gasteiger partial charge >= 0.3 is 12.2 Å². The van der Waals surface area contributed by atoms with Crippen molar-refractivity contribution in [3.05, 3.63) is 39.8 Å². The van der Waals surface area contributed by atoms with Crippen LogP contribution in [0.1, 0.15) is 60.2 Å². The number of nitrogens with zero attached hydrogens (tertiary/aromatic N) is 4. The summed E-state index contributed by atoms with van der Waals surface area (Å²) in [5, 5.41) is 3.57. The van der Waals surface area contributed by atoms with Crippen LogP contribution in [0.15, 0.2) is 6.07 Å². The monoisotopic (exact) mass is 592 g/mol. The van der Waals surface area contributed by atoms with E-state index in [1.54, 1.807) is 0 Å². The van der Waals surface area contributed by atoms with Crippen LogP contribution in [0, 0.1) is 17.7 Å². The van der Waals surface area contributed by atoms with Crippen molar-refractivity contribution < 1.29 is 31.4 Å². The van der Waals surface area contributed by atoms with Crippen molar-refractivity contribution in [2.45, 2.75) is 75.8 Å². The zero-order chi connectivity index (χ0) is 29.8. The van der Waals surface area contributed by atoms with Crippen LogP contribution in [0.3, 0.4) is 0 Å². The van der Waals surface area contributed by atoms with Gasteiger partial charge in [0.25, 0.3) is 0 Å². The number of hydrogen-bond acceptors (Lipinski definition) is 8. The molecule has 4 aliphatic heterocycles. The van der Waals surface area contributed by atoms with E-state index in [9.17, 15) is 17.6 Å². The Hall–Kier alpha value is -3.21. The smallest absolute Gasteiger partial charge is 0.418 e. The molecule has 0 spiro atoms. The fourth-order valence-electron chi connectivity index (χ4n) is 6.63. The van der Waals surface area contributed by atoms with E-state index in [4.69, 9.17) is 20.2 Å². The van der Waals surface area contributed by atoms with Gasteiger partial charge in [0.05, 0.1) is 29.7 Å². The highest BCUT2D eigenvalue weighted by molar-refractivity contribution is 5.59. The number of halogens is 5. The third-order valence-electron chi connectivity index (χ3n) is 8.61. The summed E-state index contributed by atoms with van der Waals surface area (Å²) in [6, 6.07) is 1.37. The number of hydrogen-bond donors (Lipinski definition) is 2. The Bertz CT molecular complexity index is 1410. The van der Waals surface area contributed by atoms with Gasteiger partial charge in [-0.3, -0.25) is 4.90 Å². The van der Waals surface area contributed by atoms with Gasteiger partial charge in [0, 0.05) is 60.9 Å². The van der Waals surface area contributed by atoms with Crippen molar-refractivity contribution in [3.8, 4) is 17.9 Å². The lowest BCUT2D eigenvalue weighted by molar-refractivity contribution is -0.140. The van der Waals surface area contributed by atoms with Crippen LogP contribution in [0.5, 0.6) is 6.01 Å². The van der Waals surface area contributed by atoms with E-state index in [2.05, 4.69) is 27.0 Å². The summed E-state index contributed by atoms with van der Waals surface area (Å²) >= 11 is 0. The van der Waals surface area contributed by atoms with E-state index in [1.807, 2.05) is 11.9 Å². The molecule has 3 saturated heterocycles. The molecule has 2 bridgehead atoms. The predicted octanol–water partition coefficient (Wildman–Crippen LogP) is 3.76. The van der Waals surface area contributed by atoms with E-state index in [-0.39, 0.29) is 31.7 Å². The number of anilines is 2. The number of aromatic nitrogens is 2. The van der Waals surface area contributed by atoms with Gasteiger partial charge in [-0.25, -0.2) is 8.78 Å². The maximum absolute atomic E-state index is 15.4. The van der Waals surface area contributed by atoms with Crippen LogP contribution in [-0.4, -0.2) is 72.5 Å². The molecule has 1 aromatic carbocycles. The normalized spacial score (nSPS) is 27.5. The highest BCUT2D eigenvalue weighted by atomic mass is 19.4. The second kappa shape index (κ2) is 11.1. The Morgan fingerprint density at radius 3 is 2.57 bits per heavy atom. The quantitative estimate of drug-likeness (QED) is 0.309. The third kappa shape index (κ3) is 5.47. The molecular weight excluding hydrogens is 559 g/mol. The molecule has 13 heteroatoms. The molecule has 3 N–H and O–H groups in total. The molecule has 226 valence electrons. The summed E-state index contributed by atoms with van der Waals surface area (Å²) in [4.78, 5) is 13.3. The van der Waals surface area contributed by atoms with Gasteiger partial charge in [-0.1, -0.05) is 5.92 Å². The van der Waals surface area contributed by atoms with Gasteiger partial charge in [-0.15, -0.1) is 5.92 Å².